The Morgan fingerprint density at radius 1 is 1.17 bits per heavy atom. The Labute approximate surface area is 181 Å². The van der Waals surface area contributed by atoms with Crippen molar-refractivity contribution in [1.29, 1.82) is 0 Å². The van der Waals surface area contributed by atoms with Crippen LogP contribution in [0.3, 0.4) is 0 Å². The summed E-state index contributed by atoms with van der Waals surface area (Å²) in [6.07, 6.45) is 6.76. The van der Waals surface area contributed by atoms with Crippen LogP contribution in [0.25, 0.3) is 0 Å². The summed E-state index contributed by atoms with van der Waals surface area (Å²) in [4.78, 5) is 28.8. The first-order valence-corrected chi connectivity index (χ1v) is 10.5. The van der Waals surface area contributed by atoms with Gasteiger partial charge in [0, 0.05) is 29.6 Å². The predicted molar refractivity (Wildman–Crippen MR) is 117 cm³/mol. The first-order chi connectivity index (χ1) is 14.6. The van der Waals surface area contributed by atoms with Gasteiger partial charge in [-0.2, -0.15) is 0 Å². The Balaban J connectivity index is 1.50. The van der Waals surface area contributed by atoms with Crippen LogP contribution in [0.15, 0.2) is 54.9 Å². The number of hydrogen-bond acceptors (Lipinski definition) is 5. The molecule has 7 heteroatoms. The number of rotatable bonds is 5. The minimum atomic E-state index is -0.227. The molecule has 154 valence electrons. The number of aromatic nitrogens is 3. The normalized spacial score (nSPS) is 16.9. The lowest BCUT2D eigenvalue weighted by Gasteiger charge is -2.34. The maximum absolute atomic E-state index is 12.7. The molecule has 30 heavy (non-hydrogen) atoms. The van der Waals surface area contributed by atoms with E-state index < -0.39 is 0 Å². The van der Waals surface area contributed by atoms with Crippen LogP contribution in [0, 0.1) is 6.92 Å². The van der Waals surface area contributed by atoms with Crippen molar-refractivity contribution in [1.82, 2.24) is 19.9 Å². The van der Waals surface area contributed by atoms with Crippen LogP contribution in [0.4, 0.5) is 5.69 Å². The Hall–Kier alpha value is -2.83. The second-order valence-corrected chi connectivity index (χ2v) is 7.93. The molecule has 6 nitrogen and oxygen atoms in total. The van der Waals surface area contributed by atoms with Crippen LogP contribution in [-0.2, 0) is 6.54 Å². The van der Waals surface area contributed by atoms with Gasteiger partial charge in [-0.1, -0.05) is 24.1 Å². The van der Waals surface area contributed by atoms with Gasteiger partial charge in [0.05, 0.1) is 23.0 Å². The summed E-state index contributed by atoms with van der Waals surface area (Å²) in [5.41, 5.74) is 2.87. The molecule has 1 N–H and O–H groups in total. The highest BCUT2D eigenvalue weighted by molar-refractivity contribution is 6.30. The second-order valence-electron chi connectivity index (χ2n) is 7.49. The number of carbonyl (C=O) groups is 1. The molecule has 4 rings (SSSR count). The molecular weight excluding hydrogens is 398 g/mol. The Morgan fingerprint density at radius 3 is 2.73 bits per heavy atom. The zero-order valence-electron chi connectivity index (χ0n) is 16.9. The molecule has 0 bridgehead atoms. The van der Waals surface area contributed by atoms with Gasteiger partial charge in [-0.25, -0.2) is 9.97 Å². The topological polar surface area (TPSA) is 71.0 Å². The third-order valence-electron chi connectivity index (χ3n) is 5.35. The maximum atomic E-state index is 12.7. The molecule has 0 aliphatic carbocycles. The zero-order chi connectivity index (χ0) is 20.9. The molecular formula is C23H24ClN5O. The summed E-state index contributed by atoms with van der Waals surface area (Å²) in [6.45, 7) is 3.61. The molecule has 1 fully saturated rings. The van der Waals surface area contributed by atoms with Gasteiger partial charge in [0.1, 0.15) is 5.82 Å². The van der Waals surface area contributed by atoms with Crippen molar-refractivity contribution in [2.75, 3.05) is 11.9 Å². The number of nitrogens with zero attached hydrogens (tertiary/aromatic N) is 4. The Bertz CT molecular complexity index is 1010. The van der Waals surface area contributed by atoms with E-state index in [9.17, 15) is 4.79 Å². The average Bonchev–Trinajstić information content (AvgIpc) is 2.76. The fraction of sp³-hybridized carbons (Fsp3) is 0.304. The number of hydrogen-bond donors (Lipinski definition) is 1. The SMILES string of the molecule is Cc1nc([C@@H]2CCCCN2Cc2ccccn2)ncc1C(=O)Nc1ccc(Cl)cc1. The maximum Gasteiger partial charge on any atom is 0.259 e. The molecule has 3 heterocycles. The smallest absolute Gasteiger partial charge is 0.259 e. The van der Waals surface area contributed by atoms with Crippen molar-refractivity contribution in [2.24, 2.45) is 0 Å². The van der Waals surface area contributed by atoms with E-state index in [4.69, 9.17) is 16.6 Å². The van der Waals surface area contributed by atoms with Crippen LogP contribution in [0.2, 0.25) is 5.02 Å². The Morgan fingerprint density at radius 2 is 2.00 bits per heavy atom. The van der Waals surface area contributed by atoms with E-state index in [0.717, 1.165) is 43.9 Å². The van der Waals surface area contributed by atoms with E-state index in [2.05, 4.69) is 20.2 Å². The molecule has 3 aromatic rings. The first-order valence-electron chi connectivity index (χ1n) is 10.1. The van der Waals surface area contributed by atoms with Gasteiger partial charge in [0.25, 0.3) is 5.91 Å². The van der Waals surface area contributed by atoms with E-state index in [1.54, 1.807) is 30.5 Å². The monoisotopic (exact) mass is 421 g/mol. The molecule has 0 spiro atoms. The fourth-order valence-electron chi connectivity index (χ4n) is 3.77. The molecule has 1 atom stereocenters. The largest absolute Gasteiger partial charge is 0.322 e. The van der Waals surface area contributed by atoms with Crippen LogP contribution < -0.4 is 5.32 Å². The molecule has 2 aromatic heterocycles. The van der Waals surface area contributed by atoms with E-state index in [1.807, 2.05) is 31.3 Å². The molecule has 1 saturated heterocycles. The van der Waals surface area contributed by atoms with Crippen molar-refractivity contribution in [3.63, 3.8) is 0 Å². The highest BCUT2D eigenvalue weighted by Gasteiger charge is 2.27. The van der Waals surface area contributed by atoms with Crippen molar-refractivity contribution < 1.29 is 4.79 Å². The number of benzene rings is 1. The minimum Gasteiger partial charge on any atom is -0.322 e. The lowest BCUT2D eigenvalue weighted by Crippen LogP contribution is -2.34. The van der Waals surface area contributed by atoms with Gasteiger partial charge >= 0.3 is 0 Å². The van der Waals surface area contributed by atoms with Crippen LogP contribution in [0.5, 0.6) is 0 Å². The average molecular weight is 422 g/mol. The fourth-order valence-corrected chi connectivity index (χ4v) is 3.90. The van der Waals surface area contributed by atoms with Crippen molar-refractivity contribution >= 4 is 23.2 Å². The zero-order valence-corrected chi connectivity index (χ0v) is 17.6. The Kier molecular flexibility index (Phi) is 6.35. The van der Waals surface area contributed by atoms with Gasteiger partial charge in [0.15, 0.2) is 0 Å². The third kappa shape index (κ3) is 4.83. The van der Waals surface area contributed by atoms with Crippen molar-refractivity contribution in [2.45, 2.75) is 38.8 Å². The van der Waals surface area contributed by atoms with Crippen LogP contribution in [-0.4, -0.2) is 32.3 Å². The number of amides is 1. The number of likely N-dealkylation sites (tertiary alicyclic amines) is 1. The minimum absolute atomic E-state index is 0.132. The van der Waals surface area contributed by atoms with Gasteiger partial charge in [0.2, 0.25) is 0 Å². The third-order valence-corrected chi connectivity index (χ3v) is 5.60. The molecule has 0 saturated carbocycles. The number of aryl methyl sites for hydroxylation is 1. The molecule has 1 aliphatic heterocycles. The lowest BCUT2D eigenvalue weighted by molar-refractivity contribution is 0.102. The number of pyridine rings is 1. The van der Waals surface area contributed by atoms with Gasteiger partial charge in [-0.3, -0.25) is 14.7 Å². The predicted octanol–water partition coefficient (Wildman–Crippen LogP) is 4.81. The number of piperidine rings is 1. The summed E-state index contributed by atoms with van der Waals surface area (Å²) in [5.74, 6) is 0.543. The number of carbonyl (C=O) groups excluding carboxylic acids is 1. The van der Waals surface area contributed by atoms with E-state index in [-0.39, 0.29) is 11.9 Å². The lowest BCUT2D eigenvalue weighted by atomic mass is 10.0. The number of nitrogens with one attached hydrogen (secondary N) is 1. The highest BCUT2D eigenvalue weighted by Crippen LogP contribution is 2.30. The summed E-state index contributed by atoms with van der Waals surface area (Å²) >= 11 is 5.90. The molecule has 1 amide bonds. The van der Waals surface area contributed by atoms with E-state index in [0.29, 0.717) is 22.0 Å². The number of anilines is 1. The number of halogens is 1. The molecule has 1 aliphatic rings. The molecule has 0 unspecified atom stereocenters. The van der Waals surface area contributed by atoms with Gasteiger partial charge < -0.3 is 5.32 Å². The van der Waals surface area contributed by atoms with Gasteiger partial charge in [-0.05, 0) is 62.7 Å². The van der Waals surface area contributed by atoms with E-state index >= 15 is 0 Å². The quantitative estimate of drug-likeness (QED) is 0.639. The summed E-state index contributed by atoms with van der Waals surface area (Å²) in [6, 6.07) is 13.1. The summed E-state index contributed by atoms with van der Waals surface area (Å²) in [5, 5.41) is 3.50. The second kappa shape index (κ2) is 9.32. The summed E-state index contributed by atoms with van der Waals surface area (Å²) < 4.78 is 0. The summed E-state index contributed by atoms with van der Waals surface area (Å²) in [7, 11) is 0. The first kappa shape index (κ1) is 20.4. The van der Waals surface area contributed by atoms with Crippen molar-refractivity contribution in [3.05, 3.63) is 82.7 Å². The van der Waals surface area contributed by atoms with Crippen LogP contribution >= 0.6 is 11.6 Å². The van der Waals surface area contributed by atoms with E-state index in [1.165, 1.54) is 0 Å². The van der Waals surface area contributed by atoms with Crippen LogP contribution in [0.1, 0.15) is 52.9 Å². The molecule has 1 aromatic carbocycles. The van der Waals surface area contributed by atoms with Gasteiger partial charge in [-0.15, -0.1) is 0 Å². The van der Waals surface area contributed by atoms with Crippen molar-refractivity contribution in [3.8, 4) is 0 Å². The standard InChI is InChI=1S/C23H24ClN5O/c1-16-20(23(30)28-18-10-8-17(24)9-11-18)14-26-22(27-16)21-7-3-5-13-29(21)15-19-6-2-4-12-25-19/h2,4,6,8-12,14,21H,3,5,7,13,15H2,1H3,(H,28,30)/t21-/m0/s1. The highest BCUT2D eigenvalue weighted by atomic mass is 35.5. The molecule has 0 radical (unpaired) electrons.